The van der Waals surface area contributed by atoms with E-state index in [1.165, 1.54) is 5.69 Å². The smallest absolute Gasteiger partial charge is 0.227 e. The van der Waals surface area contributed by atoms with Gasteiger partial charge >= 0.3 is 0 Å². The fourth-order valence-corrected chi connectivity index (χ4v) is 4.72. The Morgan fingerprint density at radius 2 is 1.70 bits per heavy atom. The zero-order valence-electron chi connectivity index (χ0n) is 17.9. The van der Waals surface area contributed by atoms with Gasteiger partial charge in [-0.25, -0.2) is 0 Å². The lowest BCUT2D eigenvalue weighted by atomic mass is 9.95. The normalized spacial score (nSPS) is 23.7. The number of piperazine rings is 1. The Morgan fingerprint density at radius 3 is 2.43 bits per heavy atom. The van der Waals surface area contributed by atoms with Crippen molar-refractivity contribution in [3.63, 3.8) is 0 Å². The molecule has 3 heterocycles. The molecule has 1 aromatic carbocycles. The van der Waals surface area contributed by atoms with Crippen LogP contribution in [-0.2, 0) is 14.3 Å². The first-order valence-electron chi connectivity index (χ1n) is 11.4. The van der Waals surface area contributed by atoms with E-state index in [1.807, 2.05) is 15.9 Å². The van der Waals surface area contributed by atoms with Crippen molar-refractivity contribution in [1.29, 1.82) is 0 Å². The van der Waals surface area contributed by atoms with E-state index in [-0.39, 0.29) is 17.7 Å². The van der Waals surface area contributed by atoms with Crippen molar-refractivity contribution in [2.45, 2.75) is 19.3 Å². The zero-order chi connectivity index (χ0) is 20.8. The number of carbonyl (C=O) groups excluding carboxylic acids is 2. The molecule has 7 heteroatoms. The Balaban J connectivity index is 1.23. The zero-order valence-corrected chi connectivity index (χ0v) is 17.9. The van der Waals surface area contributed by atoms with Gasteiger partial charge in [0.05, 0.1) is 19.1 Å². The molecular weight excluding hydrogens is 380 g/mol. The summed E-state index contributed by atoms with van der Waals surface area (Å²) in [5.74, 6) is 0.387. The van der Waals surface area contributed by atoms with E-state index in [0.717, 1.165) is 72.0 Å². The minimum Gasteiger partial charge on any atom is -0.379 e. The molecule has 7 nitrogen and oxygen atoms in total. The molecule has 164 valence electrons. The molecule has 30 heavy (non-hydrogen) atoms. The van der Waals surface area contributed by atoms with Gasteiger partial charge in [0.15, 0.2) is 0 Å². The lowest BCUT2D eigenvalue weighted by molar-refractivity contribution is -0.143. The highest BCUT2D eigenvalue weighted by molar-refractivity contribution is 5.84. The van der Waals surface area contributed by atoms with Crippen LogP contribution in [0.25, 0.3) is 0 Å². The van der Waals surface area contributed by atoms with Gasteiger partial charge < -0.3 is 19.4 Å². The van der Waals surface area contributed by atoms with Gasteiger partial charge in [0.2, 0.25) is 11.8 Å². The molecule has 0 bridgehead atoms. The SMILES string of the molecule is O=C1CC[C@H](C(=O)N2CCN(c3ccccc3)CC2)CN1CCCN1CCOCC1. The summed E-state index contributed by atoms with van der Waals surface area (Å²) in [5, 5.41) is 0. The van der Waals surface area contributed by atoms with E-state index in [0.29, 0.717) is 19.4 Å². The largest absolute Gasteiger partial charge is 0.379 e. The number of morpholine rings is 1. The molecule has 3 aliphatic rings. The molecule has 1 atom stereocenters. The number of likely N-dealkylation sites (tertiary alicyclic amines) is 1. The van der Waals surface area contributed by atoms with E-state index in [4.69, 9.17) is 4.74 Å². The van der Waals surface area contributed by atoms with Gasteiger partial charge in [-0.2, -0.15) is 0 Å². The van der Waals surface area contributed by atoms with Crippen molar-refractivity contribution in [1.82, 2.24) is 14.7 Å². The molecule has 0 aliphatic carbocycles. The van der Waals surface area contributed by atoms with Crippen LogP contribution in [0.5, 0.6) is 0 Å². The van der Waals surface area contributed by atoms with Crippen molar-refractivity contribution in [3.8, 4) is 0 Å². The number of anilines is 1. The highest BCUT2D eigenvalue weighted by Gasteiger charge is 2.33. The molecule has 3 aliphatic heterocycles. The number of amides is 2. The summed E-state index contributed by atoms with van der Waals surface area (Å²) in [6, 6.07) is 10.4. The Bertz CT molecular complexity index is 700. The van der Waals surface area contributed by atoms with Crippen LogP contribution in [0.1, 0.15) is 19.3 Å². The van der Waals surface area contributed by atoms with Gasteiger partial charge in [-0.05, 0) is 25.0 Å². The molecule has 4 rings (SSSR count). The molecule has 0 unspecified atom stereocenters. The number of para-hydroxylation sites is 1. The van der Waals surface area contributed by atoms with Gasteiger partial charge in [-0.3, -0.25) is 14.5 Å². The second-order valence-electron chi connectivity index (χ2n) is 8.53. The van der Waals surface area contributed by atoms with Crippen LogP contribution in [0, 0.1) is 5.92 Å². The monoisotopic (exact) mass is 414 g/mol. The van der Waals surface area contributed by atoms with E-state index in [2.05, 4.69) is 34.1 Å². The minimum absolute atomic E-state index is 0.0469. The predicted molar refractivity (Wildman–Crippen MR) is 116 cm³/mol. The summed E-state index contributed by atoms with van der Waals surface area (Å²) in [7, 11) is 0. The summed E-state index contributed by atoms with van der Waals surface area (Å²) in [6.07, 6.45) is 2.15. The lowest BCUT2D eigenvalue weighted by Crippen LogP contribution is -2.53. The number of benzene rings is 1. The van der Waals surface area contributed by atoms with E-state index < -0.39 is 0 Å². The average molecular weight is 415 g/mol. The second-order valence-corrected chi connectivity index (χ2v) is 8.53. The standard InChI is InChI=1S/C23H34N4O3/c28-22-8-7-20(19-27(22)10-4-9-24-15-17-30-18-16-24)23(29)26-13-11-25(12-14-26)21-5-2-1-3-6-21/h1-3,5-6,20H,4,7-19H2/t20-/m0/s1. The number of hydrogen-bond acceptors (Lipinski definition) is 5. The quantitative estimate of drug-likeness (QED) is 0.702. The number of piperidine rings is 1. The fourth-order valence-electron chi connectivity index (χ4n) is 4.72. The number of rotatable bonds is 6. The number of nitrogens with zero attached hydrogens (tertiary/aromatic N) is 4. The van der Waals surface area contributed by atoms with Gasteiger partial charge in [0.1, 0.15) is 0 Å². The van der Waals surface area contributed by atoms with Crippen molar-refractivity contribution < 1.29 is 14.3 Å². The third-order valence-electron chi connectivity index (χ3n) is 6.57. The maximum Gasteiger partial charge on any atom is 0.227 e. The van der Waals surface area contributed by atoms with Crippen molar-refractivity contribution in [3.05, 3.63) is 30.3 Å². The number of carbonyl (C=O) groups is 2. The molecule has 1 aromatic rings. The Labute approximate surface area is 179 Å². The summed E-state index contributed by atoms with van der Waals surface area (Å²) in [6.45, 7) is 9.13. The molecule has 0 aromatic heterocycles. The third-order valence-corrected chi connectivity index (χ3v) is 6.57. The predicted octanol–water partition coefficient (Wildman–Crippen LogP) is 1.30. The van der Waals surface area contributed by atoms with Crippen LogP contribution < -0.4 is 4.90 Å². The van der Waals surface area contributed by atoms with Crippen LogP contribution in [0.2, 0.25) is 0 Å². The summed E-state index contributed by atoms with van der Waals surface area (Å²) in [5.41, 5.74) is 1.22. The highest BCUT2D eigenvalue weighted by atomic mass is 16.5. The Kier molecular flexibility index (Phi) is 7.23. The van der Waals surface area contributed by atoms with Crippen molar-refractivity contribution in [2.75, 3.05) is 77.0 Å². The first-order chi connectivity index (χ1) is 14.7. The molecule has 3 saturated heterocycles. The number of hydrogen-bond donors (Lipinski definition) is 0. The van der Waals surface area contributed by atoms with Crippen molar-refractivity contribution in [2.24, 2.45) is 5.92 Å². The second kappa shape index (κ2) is 10.3. The van der Waals surface area contributed by atoms with Crippen LogP contribution in [0.4, 0.5) is 5.69 Å². The molecule has 3 fully saturated rings. The molecule has 0 N–H and O–H groups in total. The van der Waals surface area contributed by atoms with Gasteiger partial charge in [-0.15, -0.1) is 0 Å². The molecule has 0 spiro atoms. The maximum absolute atomic E-state index is 13.1. The topological polar surface area (TPSA) is 56.3 Å². The highest BCUT2D eigenvalue weighted by Crippen LogP contribution is 2.22. The van der Waals surface area contributed by atoms with Crippen LogP contribution in [-0.4, -0.2) is 98.6 Å². The van der Waals surface area contributed by atoms with Gasteiger partial charge in [0.25, 0.3) is 0 Å². The van der Waals surface area contributed by atoms with Gasteiger partial charge in [-0.1, -0.05) is 18.2 Å². The lowest BCUT2D eigenvalue weighted by Gasteiger charge is -2.39. The first kappa shape index (κ1) is 21.1. The third kappa shape index (κ3) is 5.32. The first-order valence-corrected chi connectivity index (χ1v) is 11.4. The van der Waals surface area contributed by atoms with E-state index >= 15 is 0 Å². The Morgan fingerprint density at radius 1 is 0.967 bits per heavy atom. The maximum atomic E-state index is 13.1. The molecular formula is C23H34N4O3. The van der Waals surface area contributed by atoms with Crippen LogP contribution in [0.15, 0.2) is 30.3 Å². The molecule has 2 amide bonds. The Hall–Kier alpha value is -2.12. The summed E-state index contributed by atoms with van der Waals surface area (Å²) >= 11 is 0. The molecule has 0 radical (unpaired) electrons. The summed E-state index contributed by atoms with van der Waals surface area (Å²) < 4.78 is 5.39. The fraction of sp³-hybridized carbons (Fsp3) is 0.652. The molecule has 0 saturated carbocycles. The summed E-state index contributed by atoms with van der Waals surface area (Å²) in [4.78, 5) is 34.2. The van der Waals surface area contributed by atoms with Crippen LogP contribution >= 0.6 is 0 Å². The number of ether oxygens (including phenoxy) is 1. The van der Waals surface area contributed by atoms with Crippen LogP contribution in [0.3, 0.4) is 0 Å². The van der Waals surface area contributed by atoms with E-state index in [9.17, 15) is 9.59 Å². The average Bonchev–Trinajstić information content (AvgIpc) is 2.81. The van der Waals surface area contributed by atoms with Crippen molar-refractivity contribution >= 4 is 17.5 Å². The minimum atomic E-state index is -0.0469. The van der Waals surface area contributed by atoms with Gasteiger partial charge in [0, 0.05) is 71.0 Å². The van der Waals surface area contributed by atoms with E-state index in [1.54, 1.807) is 0 Å².